The molecule has 0 aromatic heterocycles. The molecular formula is C14H21FN2. The zero-order valence-corrected chi connectivity index (χ0v) is 10.7. The van der Waals surface area contributed by atoms with Gasteiger partial charge in [0.2, 0.25) is 0 Å². The molecule has 0 spiro atoms. The Labute approximate surface area is 103 Å². The topological polar surface area (TPSA) is 15.3 Å². The molecule has 1 aliphatic heterocycles. The van der Waals surface area contributed by atoms with E-state index in [1.165, 1.54) is 0 Å². The van der Waals surface area contributed by atoms with Gasteiger partial charge in [-0.1, -0.05) is 13.0 Å². The summed E-state index contributed by atoms with van der Waals surface area (Å²) in [5.41, 5.74) is 1.76. The zero-order chi connectivity index (χ0) is 12.3. The summed E-state index contributed by atoms with van der Waals surface area (Å²) in [7, 11) is 1.87. The smallest absolute Gasteiger partial charge is 0.146 e. The van der Waals surface area contributed by atoms with Crippen LogP contribution in [0.25, 0.3) is 0 Å². The molecule has 0 amide bonds. The Morgan fingerprint density at radius 2 is 2.06 bits per heavy atom. The minimum Gasteiger partial charge on any atom is -0.369 e. The average molecular weight is 236 g/mol. The average Bonchev–Trinajstić information content (AvgIpc) is 2.31. The van der Waals surface area contributed by atoms with Crippen molar-refractivity contribution in [3.05, 3.63) is 29.6 Å². The second-order valence-electron chi connectivity index (χ2n) is 4.99. The fourth-order valence-corrected chi connectivity index (χ4v) is 2.37. The summed E-state index contributed by atoms with van der Waals surface area (Å²) in [6.07, 6.45) is 2.33. The summed E-state index contributed by atoms with van der Waals surface area (Å²) in [5.74, 6) is 0.685. The van der Waals surface area contributed by atoms with E-state index in [4.69, 9.17) is 0 Å². The number of hydrogen-bond acceptors (Lipinski definition) is 2. The number of rotatable bonds is 3. The van der Waals surface area contributed by atoms with E-state index in [1.807, 2.05) is 19.2 Å². The molecule has 3 heteroatoms. The van der Waals surface area contributed by atoms with Gasteiger partial charge in [0.25, 0.3) is 0 Å². The minimum absolute atomic E-state index is 0.0905. The number of piperidine rings is 1. The van der Waals surface area contributed by atoms with Crippen molar-refractivity contribution in [1.82, 2.24) is 5.32 Å². The fourth-order valence-electron chi connectivity index (χ4n) is 2.37. The third-order valence-electron chi connectivity index (χ3n) is 3.52. The molecule has 0 radical (unpaired) electrons. The van der Waals surface area contributed by atoms with Crippen molar-refractivity contribution in [2.24, 2.45) is 5.92 Å². The van der Waals surface area contributed by atoms with Crippen molar-refractivity contribution in [3.8, 4) is 0 Å². The highest BCUT2D eigenvalue weighted by atomic mass is 19.1. The van der Waals surface area contributed by atoms with Crippen LogP contribution in [0.3, 0.4) is 0 Å². The van der Waals surface area contributed by atoms with Crippen molar-refractivity contribution < 1.29 is 4.39 Å². The normalized spacial score (nSPS) is 17.5. The third-order valence-corrected chi connectivity index (χ3v) is 3.52. The van der Waals surface area contributed by atoms with Crippen LogP contribution in [0.2, 0.25) is 0 Å². The van der Waals surface area contributed by atoms with Crippen LogP contribution in [0.5, 0.6) is 0 Å². The van der Waals surface area contributed by atoms with Crippen LogP contribution in [0.15, 0.2) is 18.2 Å². The Morgan fingerprint density at radius 1 is 1.35 bits per heavy atom. The van der Waals surface area contributed by atoms with E-state index >= 15 is 0 Å². The van der Waals surface area contributed by atoms with Gasteiger partial charge in [-0.3, -0.25) is 0 Å². The lowest BCUT2D eigenvalue weighted by Gasteiger charge is -2.32. The zero-order valence-electron chi connectivity index (χ0n) is 10.7. The maximum absolute atomic E-state index is 14.0. The summed E-state index contributed by atoms with van der Waals surface area (Å²) < 4.78 is 14.0. The molecule has 2 rings (SSSR count). The molecule has 1 aromatic rings. The molecule has 2 nitrogen and oxygen atoms in total. The van der Waals surface area contributed by atoms with Crippen molar-refractivity contribution in [2.75, 3.05) is 25.0 Å². The lowest BCUT2D eigenvalue weighted by atomic mass is 9.98. The van der Waals surface area contributed by atoms with Gasteiger partial charge >= 0.3 is 0 Å². The lowest BCUT2D eigenvalue weighted by molar-refractivity contribution is 0.434. The van der Waals surface area contributed by atoms with Gasteiger partial charge < -0.3 is 10.2 Å². The molecule has 0 bridgehead atoms. The maximum atomic E-state index is 14.0. The molecule has 0 unspecified atom stereocenters. The predicted octanol–water partition coefficient (Wildman–Crippen LogP) is 2.78. The van der Waals surface area contributed by atoms with Gasteiger partial charge in [-0.25, -0.2) is 4.39 Å². The lowest BCUT2D eigenvalue weighted by Crippen LogP contribution is -2.33. The maximum Gasteiger partial charge on any atom is 0.146 e. The first kappa shape index (κ1) is 12.4. The summed E-state index contributed by atoms with van der Waals surface area (Å²) in [4.78, 5) is 2.17. The van der Waals surface area contributed by atoms with E-state index < -0.39 is 0 Å². The summed E-state index contributed by atoms with van der Waals surface area (Å²) >= 11 is 0. The Bertz CT molecular complexity index is 370. The van der Waals surface area contributed by atoms with Crippen LogP contribution in [-0.4, -0.2) is 20.1 Å². The molecule has 0 saturated carbocycles. The van der Waals surface area contributed by atoms with Crippen LogP contribution in [0, 0.1) is 11.7 Å². The van der Waals surface area contributed by atoms with Crippen molar-refractivity contribution in [3.63, 3.8) is 0 Å². The molecule has 1 heterocycles. The highest BCUT2D eigenvalue weighted by Gasteiger charge is 2.18. The predicted molar refractivity (Wildman–Crippen MR) is 69.8 cm³/mol. The number of benzene rings is 1. The van der Waals surface area contributed by atoms with Crippen LogP contribution in [0.1, 0.15) is 25.3 Å². The highest BCUT2D eigenvalue weighted by molar-refractivity contribution is 5.49. The standard InChI is InChI=1S/C14H21FN2/c1-11-5-7-17(8-6-11)14-4-3-12(10-16-2)9-13(14)15/h3-4,9,11,16H,5-8,10H2,1-2H3. The van der Waals surface area contributed by atoms with Gasteiger partial charge in [0.1, 0.15) is 5.82 Å². The van der Waals surface area contributed by atoms with Gasteiger partial charge in [0.15, 0.2) is 0 Å². The molecule has 1 N–H and O–H groups in total. The van der Waals surface area contributed by atoms with Gasteiger partial charge in [-0.05, 0) is 43.5 Å². The largest absolute Gasteiger partial charge is 0.369 e. The molecule has 0 aliphatic carbocycles. The minimum atomic E-state index is -0.0905. The molecule has 1 saturated heterocycles. The van der Waals surface area contributed by atoms with E-state index in [1.54, 1.807) is 6.07 Å². The molecule has 94 valence electrons. The number of nitrogens with one attached hydrogen (secondary N) is 1. The quantitative estimate of drug-likeness (QED) is 0.868. The fraction of sp³-hybridized carbons (Fsp3) is 0.571. The molecule has 1 fully saturated rings. The van der Waals surface area contributed by atoms with Gasteiger partial charge in [-0.15, -0.1) is 0 Å². The SMILES string of the molecule is CNCc1ccc(N2CCC(C)CC2)c(F)c1. The Hall–Kier alpha value is -1.09. The highest BCUT2D eigenvalue weighted by Crippen LogP contribution is 2.26. The van der Waals surface area contributed by atoms with Gasteiger partial charge in [-0.2, -0.15) is 0 Å². The van der Waals surface area contributed by atoms with Crippen molar-refractivity contribution in [2.45, 2.75) is 26.3 Å². The summed E-state index contributed by atoms with van der Waals surface area (Å²) in [5, 5.41) is 3.04. The van der Waals surface area contributed by atoms with Gasteiger partial charge in [0, 0.05) is 19.6 Å². The first-order valence-corrected chi connectivity index (χ1v) is 6.38. The van der Waals surface area contributed by atoms with E-state index in [9.17, 15) is 4.39 Å². The second kappa shape index (κ2) is 5.50. The number of nitrogens with zero attached hydrogens (tertiary/aromatic N) is 1. The Balaban J connectivity index is 2.10. The van der Waals surface area contributed by atoms with Crippen LogP contribution >= 0.6 is 0 Å². The van der Waals surface area contributed by atoms with Crippen molar-refractivity contribution in [1.29, 1.82) is 0 Å². The summed E-state index contributed by atoms with van der Waals surface area (Å²) in [6.45, 7) is 4.94. The number of halogens is 1. The first-order valence-electron chi connectivity index (χ1n) is 6.38. The van der Waals surface area contributed by atoms with E-state index in [-0.39, 0.29) is 5.82 Å². The Kier molecular flexibility index (Phi) is 4.00. The van der Waals surface area contributed by atoms with Gasteiger partial charge in [0.05, 0.1) is 5.69 Å². The second-order valence-corrected chi connectivity index (χ2v) is 4.99. The Morgan fingerprint density at radius 3 is 2.65 bits per heavy atom. The number of anilines is 1. The monoisotopic (exact) mass is 236 g/mol. The molecular weight excluding hydrogens is 215 g/mol. The van der Waals surface area contributed by atoms with E-state index in [0.29, 0.717) is 6.54 Å². The van der Waals surface area contributed by atoms with Crippen molar-refractivity contribution >= 4 is 5.69 Å². The third kappa shape index (κ3) is 2.97. The van der Waals surface area contributed by atoms with Crippen LogP contribution in [0.4, 0.5) is 10.1 Å². The molecule has 1 aliphatic rings. The molecule has 17 heavy (non-hydrogen) atoms. The van der Waals surface area contributed by atoms with E-state index in [0.717, 1.165) is 43.1 Å². The molecule has 1 aromatic carbocycles. The van der Waals surface area contributed by atoms with Crippen LogP contribution in [-0.2, 0) is 6.54 Å². The number of hydrogen-bond donors (Lipinski definition) is 1. The van der Waals surface area contributed by atoms with E-state index in [2.05, 4.69) is 17.1 Å². The molecule has 0 atom stereocenters. The summed E-state index contributed by atoms with van der Waals surface area (Å²) in [6, 6.07) is 5.56. The van der Waals surface area contributed by atoms with Crippen LogP contribution < -0.4 is 10.2 Å². The first-order chi connectivity index (χ1) is 8.20.